The molecule has 0 radical (unpaired) electrons. The first-order chi connectivity index (χ1) is 10.2. The molecule has 2 fully saturated rings. The van der Waals surface area contributed by atoms with Crippen LogP contribution in [0.1, 0.15) is 31.2 Å². The molecule has 1 aromatic carbocycles. The van der Waals surface area contributed by atoms with Crippen LogP contribution in [0.15, 0.2) is 29.3 Å². The van der Waals surface area contributed by atoms with Gasteiger partial charge >= 0.3 is 6.09 Å². The van der Waals surface area contributed by atoms with E-state index in [-0.39, 0.29) is 6.09 Å². The summed E-state index contributed by atoms with van der Waals surface area (Å²) in [6.45, 7) is 1.07. The summed E-state index contributed by atoms with van der Waals surface area (Å²) in [7, 11) is 0. The number of ether oxygens (including phenoxy) is 1. The maximum Gasteiger partial charge on any atom is 0.414 e. The number of carbonyl (C=O) groups is 1. The zero-order valence-corrected chi connectivity index (χ0v) is 12.1. The number of rotatable bonds is 4. The summed E-state index contributed by atoms with van der Waals surface area (Å²) in [5.74, 6) is 0.704. The number of nitrogens with two attached hydrogens (primary N) is 1. The SMILES string of the molecule is NC(Cc1ccc(N2CCOC2=O)cc1)=NC1CCCC1. The Hall–Kier alpha value is -2.04. The minimum absolute atomic E-state index is 0.273. The van der Waals surface area contributed by atoms with Gasteiger partial charge in [-0.2, -0.15) is 0 Å². The third kappa shape index (κ3) is 3.35. The standard InChI is InChI=1S/C16H21N3O2/c17-15(18-13-3-1-2-4-13)11-12-5-7-14(8-6-12)19-9-10-21-16(19)20/h5-8,13H,1-4,9-11H2,(H2,17,18). The Morgan fingerprint density at radius 1 is 1.29 bits per heavy atom. The number of hydrogen-bond acceptors (Lipinski definition) is 3. The van der Waals surface area contributed by atoms with Crippen molar-refractivity contribution in [3.8, 4) is 0 Å². The van der Waals surface area contributed by atoms with Gasteiger partial charge in [-0.3, -0.25) is 9.89 Å². The average Bonchev–Trinajstić information content (AvgIpc) is 3.11. The van der Waals surface area contributed by atoms with E-state index in [0.29, 0.717) is 31.4 Å². The van der Waals surface area contributed by atoms with Gasteiger partial charge in [0.2, 0.25) is 0 Å². The topological polar surface area (TPSA) is 67.9 Å². The number of anilines is 1. The van der Waals surface area contributed by atoms with Crippen LogP contribution < -0.4 is 10.6 Å². The molecule has 0 spiro atoms. The third-order valence-electron chi connectivity index (χ3n) is 4.07. The molecule has 1 aliphatic carbocycles. The minimum Gasteiger partial charge on any atom is -0.447 e. The Bertz CT molecular complexity index is 533. The average molecular weight is 287 g/mol. The van der Waals surface area contributed by atoms with Crippen molar-refractivity contribution in [1.29, 1.82) is 0 Å². The van der Waals surface area contributed by atoms with Gasteiger partial charge in [0.15, 0.2) is 0 Å². The molecule has 2 aliphatic rings. The smallest absolute Gasteiger partial charge is 0.414 e. The minimum atomic E-state index is -0.273. The van der Waals surface area contributed by atoms with Crippen LogP contribution in [-0.4, -0.2) is 31.1 Å². The molecule has 3 rings (SSSR count). The summed E-state index contributed by atoms with van der Waals surface area (Å²) >= 11 is 0. The molecule has 1 amide bonds. The van der Waals surface area contributed by atoms with Crippen LogP contribution >= 0.6 is 0 Å². The van der Waals surface area contributed by atoms with Gasteiger partial charge in [0, 0.05) is 12.1 Å². The van der Waals surface area contributed by atoms with Crippen molar-refractivity contribution < 1.29 is 9.53 Å². The quantitative estimate of drug-likeness (QED) is 0.683. The van der Waals surface area contributed by atoms with Crippen LogP contribution in [0.3, 0.4) is 0 Å². The lowest BCUT2D eigenvalue weighted by Crippen LogP contribution is -2.23. The van der Waals surface area contributed by atoms with Gasteiger partial charge in [-0.15, -0.1) is 0 Å². The second-order valence-electron chi connectivity index (χ2n) is 5.67. The van der Waals surface area contributed by atoms with E-state index in [2.05, 4.69) is 4.99 Å². The highest BCUT2D eigenvalue weighted by atomic mass is 16.6. The van der Waals surface area contributed by atoms with Gasteiger partial charge in [0.25, 0.3) is 0 Å². The van der Waals surface area contributed by atoms with Gasteiger partial charge in [-0.25, -0.2) is 4.79 Å². The number of carbonyl (C=O) groups excluding carboxylic acids is 1. The molecule has 0 bridgehead atoms. The maximum atomic E-state index is 11.5. The van der Waals surface area contributed by atoms with E-state index >= 15 is 0 Å². The van der Waals surface area contributed by atoms with Crippen LogP contribution in [-0.2, 0) is 11.2 Å². The number of hydrogen-bond donors (Lipinski definition) is 1. The Morgan fingerprint density at radius 3 is 2.62 bits per heavy atom. The highest BCUT2D eigenvalue weighted by molar-refractivity contribution is 5.89. The molecule has 112 valence electrons. The fourth-order valence-corrected chi connectivity index (χ4v) is 2.94. The molecule has 2 N–H and O–H groups in total. The van der Waals surface area contributed by atoms with Gasteiger partial charge in [0.05, 0.1) is 18.4 Å². The van der Waals surface area contributed by atoms with Crippen LogP contribution in [0.2, 0.25) is 0 Å². The van der Waals surface area contributed by atoms with Crippen molar-refractivity contribution in [3.63, 3.8) is 0 Å². The van der Waals surface area contributed by atoms with Crippen LogP contribution in [0.25, 0.3) is 0 Å². The highest BCUT2D eigenvalue weighted by Crippen LogP contribution is 2.22. The normalized spacial score (nSPS) is 20.1. The molecular formula is C16H21N3O2. The first kappa shape index (κ1) is 13.9. The van der Waals surface area contributed by atoms with Crippen molar-refractivity contribution >= 4 is 17.6 Å². The van der Waals surface area contributed by atoms with E-state index in [0.717, 1.165) is 24.1 Å². The molecule has 5 heteroatoms. The molecule has 0 atom stereocenters. The van der Waals surface area contributed by atoms with E-state index in [4.69, 9.17) is 10.5 Å². The number of aliphatic imine (C=N–C) groups is 1. The molecule has 1 heterocycles. The van der Waals surface area contributed by atoms with E-state index in [1.54, 1.807) is 4.90 Å². The summed E-state index contributed by atoms with van der Waals surface area (Å²) in [4.78, 5) is 17.7. The maximum absolute atomic E-state index is 11.5. The molecule has 1 aliphatic heterocycles. The van der Waals surface area contributed by atoms with E-state index in [1.807, 2.05) is 24.3 Å². The van der Waals surface area contributed by atoms with Gasteiger partial charge < -0.3 is 10.5 Å². The Labute approximate surface area is 124 Å². The molecule has 0 unspecified atom stereocenters. The van der Waals surface area contributed by atoms with E-state index in [9.17, 15) is 4.79 Å². The fraction of sp³-hybridized carbons (Fsp3) is 0.500. The van der Waals surface area contributed by atoms with Crippen molar-refractivity contribution in [2.45, 2.75) is 38.1 Å². The summed E-state index contributed by atoms with van der Waals surface area (Å²) in [5.41, 5.74) is 8.02. The lowest BCUT2D eigenvalue weighted by atomic mass is 10.1. The van der Waals surface area contributed by atoms with E-state index < -0.39 is 0 Å². The van der Waals surface area contributed by atoms with Gasteiger partial charge in [-0.05, 0) is 30.5 Å². The lowest BCUT2D eigenvalue weighted by molar-refractivity contribution is 0.181. The second kappa shape index (κ2) is 6.16. The molecular weight excluding hydrogens is 266 g/mol. The second-order valence-corrected chi connectivity index (χ2v) is 5.67. The summed E-state index contributed by atoms with van der Waals surface area (Å²) < 4.78 is 4.94. The van der Waals surface area contributed by atoms with Crippen LogP contribution in [0.4, 0.5) is 10.5 Å². The molecule has 21 heavy (non-hydrogen) atoms. The third-order valence-corrected chi connectivity index (χ3v) is 4.07. The zero-order valence-electron chi connectivity index (χ0n) is 12.1. The number of amidine groups is 1. The van der Waals surface area contributed by atoms with Gasteiger partial charge in [0.1, 0.15) is 6.61 Å². The van der Waals surface area contributed by atoms with Crippen molar-refractivity contribution in [1.82, 2.24) is 0 Å². The largest absolute Gasteiger partial charge is 0.447 e. The number of cyclic esters (lactones) is 1. The monoisotopic (exact) mass is 287 g/mol. The van der Waals surface area contributed by atoms with Crippen molar-refractivity contribution in [2.24, 2.45) is 10.7 Å². The van der Waals surface area contributed by atoms with Crippen LogP contribution in [0, 0.1) is 0 Å². The number of amides is 1. The van der Waals surface area contributed by atoms with Crippen molar-refractivity contribution in [2.75, 3.05) is 18.1 Å². The Morgan fingerprint density at radius 2 is 2.00 bits per heavy atom. The molecule has 1 saturated carbocycles. The number of nitrogens with zero attached hydrogens (tertiary/aromatic N) is 2. The molecule has 5 nitrogen and oxygen atoms in total. The summed E-state index contributed by atoms with van der Waals surface area (Å²) in [5, 5.41) is 0. The highest BCUT2D eigenvalue weighted by Gasteiger charge is 2.23. The predicted molar refractivity (Wildman–Crippen MR) is 82.7 cm³/mol. The first-order valence-electron chi connectivity index (χ1n) is 7.58. The molecule has 1 saturated heterocycles. The van der Waals surface area contributed by atoms with E-state index in [1.165, 1.54) is 12.8 Å². The lowest BCUT2D eigenvalue weighted by Gasteiger charge is -2.13. The fourth-order valence-electron chi connectivity index (χ4n) is 2.94. The zero-order chi connectivity index (χ0) is 14.7. The molecule has 1 aromatic rings. The summed E-state index contributed by atoms with van der Waals surface area (Å²) in [6.07, 6.45) is 5.25. The first-order valence-corrected chi connectivity index (χ1v) is 7.58. The summed E-state index contributed by atoms with van der Waals surface area (Å²) in [6, 6.07) is 8.29. The Balaban J connectivity index is 1.62. The van der Waals surface area contributed by atoms with Crippen molar-refractivity contribution in [3.05, 3.63) is 29.8 Å². The number of benzene rings is 1. The van der Waals surface area contributed by atoms with Crippen LogP contribution in [0.5, 0.6) is 0 Å². The molecule has 0 aromatic heterocycles. The predicted octanol–water partition coefficient (Wildman–Crippen LogP) is 2.49. The van der Waals surface area contributed by atoms with Gasteiger partial charge in [-0.1, -0.05) is 25.0 Å². The Kier molecular flexibility index (Phi) is 4.08.